The van der Waals surface area contributed by atoms with Gasteiger partial charge in [-0.25, -0.2) is 18.4 Å². The van der Waals surface area contributed by atoms with Crippen LogP contribution in [0.15, 0.2) is 35.3 Å². The molecule has 1 aliphatic carbocycles. The number of cyclic esters (lactones) is 1. The van der Waals surface area contributed by atoms with Gasteiger partial charge in [-0.2, -0.15) is 0 Å². The molecule has 7 rings (SSSR count). The Morgan fingerprint density at radius 1 is 1.10 bits per heavy atom. The van der Waals surface area contributed by atoms with Gasteiger partial charge in [0.1, 0.15) is 24.0 Å². The van der Waals surface area contributed by atoms with Gasteiger partial charge < -0.3 is 33.9 Å². The molecule has 2 N–H and O–H groups in total. The first-order valence-corrected chi connectivity index (χ1v) is 13.8. The Labute approximate surface area is 237 Å². The number of pyridine rings is 1. The van der Waals surface area contributed by atoms with Crippen LogP contribution in [0.1, 0.15) is 35.7 Å². The number of carboxylic acid groups (broad SMARTS) is 1. The Bertz CT molecular complexity index is 1690. The van der Waals surface area contributed by atoms with Gasteiger partial charge in [-0.15, -0.1) is 0 Å². The van der Waals surface area contributed by atoms with E-state index in [1.807, 2.05) is 4.90 Å². The number of carbonyl (C=O) groups excluding carboxylic acids is 1. The number of rotatable bonds is 7. The smallest absolute Gasteiger partial charge is 0.414 e. The average Bonchev–Trinajstić information content (AvgIpc) is 3.61. The first kappa shape index (κ1) is 26.5. The second kappa shape index (κ2) is 9.86. The maximum atomic E-state index is 15.6. The lowest BCUT2D eigenvalue weighted by molar-refractivity contribution is 0.0694. The molecule has 3 atom stereocenters. The largest absolute Gasteiger partial charge is 0.490 e. The summed E-state index contributed by atoms with van der Waals surface area (Å²) in [4.78, 5) is 39.8. The molecule has 4 aliphatic rings. The number of anilines is 2. The van der Waals surface area contributed by atoms with E-state index < -0.39 is 40.8 Å². The van der Waals surface area contributed by atoms with Crippen LogP contribution in [-0.4, -0.2) is 71.9 Å². The van der Waals surface area contributed by atoms with E-state index in [0.717, 1.165) is 18.9 Å². The quantitative estimate of drug-likeness (QED) is 0.430. The van der Waals surface area contributed by atoms with Crippen molar-refractivity contribution < 1.29 is 42.8 Å². The van der Waals surface area contributed by atoms with E-state index in [9.17, 15) is 29.0 Å². The van der Waals surface area contributed by atoms with E-state index in [1.165, 1.54) is 29.3 Å². The van der Waals surface area contributed by atoms with Crippen LogP contribution in [0.4, 0.5) is 25.0 Å². The summed E-state index contributed by atoms with van der Waals surface area (Å²) in [7, 11) is 0. The number of halogens is 2. The summed E-state index contributed by atoms with van der Waals surface area (Å²) in [6.45, 7) is 0.590. The fourth-order valence-corrected chi connectivity index (χ4v) is 6.20. The van der Waals surface area contributed by atoms with Crippen LogP contribution < -0.4 is 24.7 Å². The minimum absolute atomic E-state index is 0.00593. The number of aromatic nitrogens is 1. The summed E-state index contributed by atoms with van der Waals surface area (Å²) < 4.78 is 49.1. The minimum Gasteiger partial charge on any atom is -0.490 e. The van der Waals surface area contributed by atoms with Crippen molar-refractivity contribution in [3.8, 4) is 11.5 Å². The van der Waals surface area contributed by atoms with Crippen molar-refractivity contribution in [2.24, 2.45) is 5.92 Å². The highest BCUT2D eigenvalue weighted by Crippen LogP contribution is 2.48. The molecule has 1 amide bonds. The number of nitrogens with zero attached hydrogens (tertiary/aromatic N) is 3. The molecule has 3 aliphatic heterocycles. The van der Waals surface area contributed by atoms with Crippen molar-refractivity contribution in [2.75, 3.05) is 42.7 Å². The SMILES string of the molecule is O=C(O)c1cn(C2CC2)c2c3c(c(F)cc2c1=O)N1C[C@@H](COc2ccc(N4CC(CO)OC4=O)cc2F)C[C@H]1CO3. The zero-order valence-corrected chi connectivity index (χ0v) is 22.3. The van der Waals surface area contributed by atoms with Crippen molar-refractivity contribution in [1.82, 2.24) is 4.57 Å². The van der Waals surface area contributed by atoms with Crippen LogP contribution in [0, 0.1) is 17.6 Å². The average molecular weight is 584 g/mol. The minimum atomic E-state index is -1.36. The molecular weight excluding hydrogens is 556 g/mol. The lowest BCUT2D eigenvalue weighted by atomic mass is 10.1. The van der Waals surface area contributed by atoms with Gasteiger partial charge in [-0.1, -0.05) is 0 Å². The van der Waals surface area contributed by atoms with Gasteiger partial charge in [0, 0.05) is 30.8 Å². The Kier molecular flexibility index (Phi) is 6.22. The molecule has 3 aromatic rings. The van der Waals surface area contributed by atoms with E-state index in [0.29, 0.717) is 18.5 Å². The third-order valence-corrected chi connectivity index (χ3v) is 8.36. The third kappa shape index (κ3) is 4.30. The molecule has 2 aromatic carbocycles. The Balaban J connectivity index is 1.12. The van der Waals surface area contributed by atoms with Crippen LogP contribution in [0.25, 0.3) is 10.9 Å². The number of benzene rings is 2. The number of hydrogen-bond acceptors (Lipinski definition) is 8. The predicted octanol–water partition coefficient (Wildman–Crippen LogP) is 3.30. The summed E-state index contributed by atoms with van der Waals surface area (Å²) in [6.07, 6.45) is 2.24. The van der Waals surface area contributed by atoms with Gasteiger partial charge in [0.25, 0.3) is 0 Å². The number of aromatic carboxylic acids is 1. The zero-order chi connectivity index (χ0) is 29.3. The number of hydrogen-bond donors (Lipinski definition) is 2. The second-order valence-electron chi connectivity index (χ2n) is 11.2. The number of amides is 1. The lowest BCUT2D eigenvalue weighted by Gasteiger charge is -2.34. The molecule has 0 radical (unpaired) electrons. The Morgan fingerprint density at radius 2 is 1.90 bits per heavy atom. The molecular formula is C29H27F2N3O8. The van der Waals surface area contributed by atoms with E-state index in [1.54, 1.807) is 4.57 Å². The molecule has 42 heavy (non-hydrogen) atoms. The molecule has 220 valence electrons. The van der Waals surface area contributed by atoms with Gasteiger partial charge in [-0.05, 0) is 37.5 Å². The monoisotopic (exact) mass is 583 g/mol. The van der Waals surface area contributed by atoms with Crippen LogP contribution in [-0.2, 0) is 4.74 Å². The van der Waals surface area contributed by atoms with Crippen LogP contribution in [0.5, 0.6) is 11.5 Å². The topological polar surface area (TPSA) is 131 Å². The molecule has 3 fully saturated rings. The summed E-state index contributed by atoms with van der Waals surface area (Å²) in [6, 6.07) is 5.10. The predicted molar refractivity (Wildman–Crippen MR) is 145 cm³/mol. The Morgan fingerprint density at radius 3 is 2.60 bits per heavy atom. The van der Waals surface area contributed by atoms with Crippen molar-refractivity contribution >= 4 is 34.3 Å². The molecule has 0 spiro atoms. The van der Waals surface area contributed by atoms with Crippen molar-refractivity contribution in [1.29, 1.82) is 0 Å². The maximum absolute atomic E-state index is 15.6. The van der Waals surface area contributed by atoms with Gasteiger partial charge >= 0.3 is 12.1 Å². The van der Waals surface area contributed by atoms with Crippen LogP contribution in [0.3, 0.4) is 0 Å². The third-order valence-electron chi connectivity index (χ3n) is 8.36. The Hall–Kier alpha value is -4.39. The van der Waals surface area contributed by atoms with Crippen molar-refractivity contribution in [2.45, 2.75) is 37.5 Å². The highest BCUT2D eigenvalue weighted by molar-refractivity contribution is 5.97. The highest BCUT2D eigenvalue weighted by Gasteiger charge is 2.41. The molecule has 1 saturated carbocycles. The highest BCUT2D eigenvalue weighted by atomic mass is 19.1. The molecule has 1 aromatic heterocycles. The standard InChI is InChI=1S/C29H27F2N3O8/c30-21-6-16(34-9-18(11-35)42-29(34)39)3-4-23(21)40-12-14-5-17-13-41-27-24-19(7-22(31)25(27)32(17)8-14)26(36)20(28(37)38)10-33(24)15-1-2-15/h3-4,6-7,10,14-15,17-18,35H,1-2,5,8-9,11-13H2,(H,37,38)/t14-,17-,18?/m0/s1. The summed E-state index contributed by atoms with van der Waals surface area (Å²) in [5.74, 6) is -2.54. The fraction of sp³-hybridized carbons (Fsp3) is 0.414. The summed E-state index contributed by atoms with van der Waals surface area (Å²) in [5.41, 5.74) is -0.243. The van der Waals surface area contributed by atoms with Gasteiger partial charge in [-0.3, -0.25) is 9.69 Å². The molecule has 2 saturated heterocycles. The van der Waals surface area contributed by atoms with E-state index in [4.69, 9.17) is 14.2 Å². The second-order valence-corrected chi connectivity index (χ2v) is 11.2. The van der Waals surface area contributed by atoms with Gasteiger partial charge in [0.05, 0.1) is 42.4 Å². The van der Waals surface area contributed by atoms with E-state index in [2.05, 4.69) is 0 Å². The number of aliphatic hydroxyl groups excluding tert-OH is 1. The number of carboxylic acids is 1. The first-order chi connectivity index (χ1) is 20.2. The summed E-state index contributed by atoms with van der Waals surface area (Å²) >= 11 is 0. The normalized spacial score (nSPS) is 23.0. The van der Waals surface area contributed by atoms with Crippen LogP contribution >= 0.6 is 0 Å². The van der Waals surface area contributed by atoms with Crippen LogP contribution in [0.2, 0.25) is 0 Å². The fourth-order valence-electron chi connectivity index (χ4n) is 6.20. The molecule has 13 heteroatoms. The van der Waals surface area contributed by atoms with Gasteiger partial charge in [0.2, 0.25) is 5.43 Å². The molecule has 0 bridgehead atoms. The molecule has 4 heterocycles. The molecule has 1 unspecified atom stereocenters. The first-order valence-electron chi connectivity index (χ1n) is 13.8. The number of fused-ring (bicyclic) bond motifs is 5. The van der Waals surface area contributed by atoms with E-state index in [-0.39, 0.29) is 72.6 Å². The number of ether oxygens (including phenoxy) is 3. The molecule has 11 nitrogen and oxygen atoms in total. The summed E-state index contributed by atoms with van der Waals surface area (Å²) in [5, 5.41) is 18.7. The van der Waals surface area contributed by atoms with Crippen molar-refractivity contribution in [3.63, 3.8) is 0 Å². The van der Waals surface area contributed by atoms with E-state index >= 15 is 4.39 Å². The zero-order valence-electron chi connectivity index (χ0n) is 22.3. The number of aliphatic hydroxyl groups is 1. The van der Waals surface area contributed by atoms with Gasteiger partial charge in [0.15, 0.2) is 23.1 Å². The van der Waals surface area contributed by atoms with Crippen molar-refractivity contribution in [3.05, 3.63) is 57.9 Å². The lowest BCUT2D eigenvalue weighted by Crippen LogP contribution is -2.39. The maximum Gasteiger partial charge on any atom is 0.414 e. The number of carbonyl (C=O) groups is 2.